The van der Waals surface area contributed by atoms with Gasteiger partial charge >= 0.3 is 0 Å². The zero-order chi connectivity index (χ0) is 16.8. The third-order valence-electron chi connectivity index (χ3n) is 4.07. The van der Waals surface area contributed by atoms with E-state index in [-0.39, 0.29) is 12.7 Å². The Morgan fingerprint density at radius 2 is 2.00 bits per heavy atom. The van der Waals surface area contributed by atoms with Gasteiger partial charge < -0.3 is 19.9 Å². The normalized spacial score (nSPS) is 18.0. The molecule has 0 fully saturated rings. The number of rotatable bonds is 7. The number of halogens is 1. The fourth-order valence-corrected chi connectivity index (χ4v) is 3.02. The molecule has 128 valence electrons. The number of para-hydroxylation sites is 1. The van der Waals surface area contributed by atoms with Crippen molar-refractivity contribution in [3.05, 3.63) is 64.7 Å². The second-order valence-corrected chi connectivity index (χ2v) is 6.27. The van der Waals surface area contributed by atoms with Gasteiger partial charge in [-0.3, -0.25) is 0 Å². The van der Waals surface area contributed by atoms with E-state index in [9.17, 15) is 5.11 Å². The molecular formula is C19H22ClNO3. The first kappa shape index (κ1) is 17.2. The highest BCUT2D eigenvalue weighted by Crippen LogP contribution is 2.26. The monoisotopic (exact) mass is 347 g/mol. The van der Waals surface area contributed by atoms with Crippen molar-refractivity contribution in [3.63, 3.8) is 0 Å². The lowest BCUT2D eigenvalue weighted by Gasteiger charge is -2.26. The summed E-state index contributed by atoms with van der Waals surface area (Å²) in [5, 5.41) is 13.9. The first-order chi connectivity index (χ1) is 11.7. The zero-order valence-corrected chi connectivity index (χ0v) is 14.2. The standard InChI is InChI=1S/C19H22ClNO3/c20-17-7-3-4-8-18(17)24-13-15(22)11-21-12-19-16-6-2-1-5-14(16)9-10-23-19/h1-8,15,19,21-22H,9-13H2. The largest absolute Gasteiger partial charge is 0.489 e. The first-order valence-corrected chi connectivity index (χ1v) is 8.57. The lowest BCUT2D eigenvalue weighted by Crippen LogP contribution is -2.35. The highest BCUT2D eigenvalue weighted by atomic mass is 35.5. The summed E-state index contributed by atoms with van der Waals surface area (Å²) in [6.07, 6.45) is 0.382. The fraction of sp³-hybridized carbons (Fsp3) is 0.368. The molecular weight excluding hydrogens is 326 g/mol. The number of hydrogen-bond donors (Lipinski definition) is 2. The summed E-state index contributed by atoms with van der Waals surface area (Å²) in [5.74, 6) is 0.586. The molecule has 0 radical (unpaired) electrons. The van der Waals surface area contributed by atoms with Gasteiger partial charge in [-0.05, 0) is 29.7 Å². The summed E-state index contributed by atoms with van der Waals surface area (Å²) < 4.78 is 11.4. The molecule has 24 heavy (non-hydrogen) atoms. The van der Waals surface area contributed by atoms with Crippen LogP contribution in [0.25, 0.3) is 0 Å². The van der Waals surface area contributed by atoms with Crippen molar-refractivity contribution in [3.8, 4) is 5.75 Å². The minimum Gasteiger partial charge on any atom is -0.489 e. The topological polar surface area (TPSA) is 50.7 Å². The quantitative estimate of drug-likeness (QED) is 0.808. The molecule has 0 amide bonds. The highest BCUT2D eigenvalue weighted by Gasteiger charge is 2.20. The van der Waals surface area contributed by atoms with Crippen LogP contribution in [-0.4, -0.2) is 37.5 Å². The maximum atomic E-state index is 10.1. The Labute approximate surface area is 147 Å². The van der Waals surface area contributed by atoms with Crippen LogP contribution >= 0.6 is 11.6 Å². The van der Waals surface area contributed by atoms with Gasteiger partial charge in [-0.15, -0.1) is 0 Å². The molecule has 0 saturated carbocycles. The van der Waals surface area contributed by atoms with E-state index in [0.717, 1.165) is 13.0 Å². The maximum absolute atomic E-state index is 10.1. The minimum absolute atomic E-state index is 0.0339. The Kier molecular flexibility index (Phi) is 6.10. The minimum atomic E-state index is -0.611. The second kappa shape index (κ2) is 8.49. The molecule has 0 spiro atoms. The van der Waals surface area contributed by atoms with Gasteiger partial charge in [-0.2, -0.15) is 0 Å². The third-order valence-corrected chi connectivity index (χ3v) is 4.38. The first-order valence-electron chi connectivity index (χ1n) is 8.19. The molecule has 0 aliphatic carbocycles. The van der Waals surface area contributed by atoms with E-state index in [2.05, 4.69) is 23.5 Å². The van der Waals surface area contributed by atoms with E-state index in [1.165, 1.54) is 11.1 Å². The smallest absolute Gasteiger partial charge is 0.138 e. The van der Waals surface area contributed by atoms with Crippen LogP contribution in [0.1, 0.15) is 17.2 Å². The Balaban J connectivity index is 1.43. The summed E-state index contributed by atoms with van der Waals surface area (Å²) in [7, 11) is 0. The molecule has 5 heteroatoms. The Morgan fingerprint density at radius 1 is 1.21 bits per heavy atom. The molecule has 2 unspecified atom stereocenters. The molecule has 0 aromatic heterocycles. The van der Waals surface area contributed by atoms with Crippen molar-refractivity contribution in [2.75, 3.05) is 26.3 Å². The predicted octanol–water partition coefficient (Wildman–Crippen LogP) is 2.98. The zero-order valence-electron chi connectivity index (χ0n) is 13.5. The molecule has 4 nitrogen and oxygen atoms in total. The van der Waals surface area contributed by atoms with Crippen LogP contribution in [0.3, 0.4) is 0 Å². The van der Waals surface area contributed by atoms with E-state index in [4.69, 9.17) is 21.1 Å². The number of aliphatic hydroxyl groups is 1. The Bertz CT molecular complexity index is 665. The van der Waals surface area contributed by atoms with Gasteiger partial charge in [-0.1, -0.05) is 48.0 Å². The van der Waals surface area contributed by atoms with Gasteiger partial charge in [0.05, 0.1) is 17.7 Å². The van der Waals surface area contributed by atoms with Crippen LogP contribution < -0.4 is 10.1 Å². The number of nitrogens with one attached hydrogen (secondary N) is 1. The number of hydrogen-bond acceptors (Lipinski definition) is 4. The molecule has 2 N–H and O–H groups in total. The third kappa shape index (κ3) is 4.48. The van der Waals surface area contributed by atoms with Crippen molar-refractivity contribution < 1.29 is 14.6 Å². The number of fused-ring (bicyclic) bond motifs is 1. The van der Waals surface area contributed by atoms with E-state index in [0.29, 0.717) is 23.9 Å². The summed E-state index contributed by atoms with van der Waals surface area (Å²) in [6.45, 7) is 2.03. The molecule has 0 saturated heterocycles. The van der Waals surface area contributed by atoms with Crippen molar-refractivity contribution >= 4 is 11.6 Å². The van der Waals surface area contributed by atoms with E-state index in [1.54, 1.807) is 12.1 Å². The highest BCUT2D eigenvalue weighted by molar-refractivity contribution is 6.32. The average Bonchev–Trinajstić information content (AvgIpc) is 2.61. The molecule has 2 atom stereocenters. The fourth-order valence-electron chi connectivity index (χ4n) is 2.83. The molecule has 1 aliphatic rings. The SMILES string of the molecule is OC(CNCC1OCCc2ccccc21)COc1ccccc1Cl. The van der Waals surface area contributed by atoms with Gasteiger partial charge in [-0.25, -0.2) is 0 Å². The van der Waals surface area contributed by atoms with Crippen LogP contribution in [0.5, 0.6) is 5.75 Å². The van der Waals surface area contributed by atoms with Gasteiger partial charge in [0.1, 0.15) is 18.5 Å². The molecule has 0 bridgehead atoms. The van der Waals surface area contributed by atoms with Crippen molar-refractivity contribution in [2.24, 2.45) is 0 Å². The van der Waals surface area contributed by atoms with Crippen molar-refractivity contribution in [1.82, 2.24) is 5.32 Å². The van der Waals surface area contributed by atoms with Gasteiger partial charge in [0, 0.05) is 13.1 Å². The summed E-state index contributed by atoms with van der Waals surface area (Å²) >= 11 is 6.02. The lowest BCUT2D eigenvalue weighted by molar-refractivity contribution is 0.0380. The van der Waals surface area contributed by atoms with Crippen LogP contribution in [-0.2, 0) is 11.2 Å². The van der Waals surface area contributed by atoms with Crippen LogP contribution in [0.4, 0.5) is 0 Å². The van der Waals surface area contributed by atoms with E-state index < -0.39 is 6.10 Å². The Morgan fingerprint density at radius 3 is 2.88 bits per heavy atom. The predicted molar refractivity (Wildman–Crippen MR) is 94.7 cm³/mol. The summed E-state index contributed by atoms with van der Waals surface area (Å²) in [4.78, 5) is 0. The Hall–Kier alpha value is -1.59. The summed E-state index contributed by atoms with van der Waals surface area (Å²) in [5.41, 5.74) is 2.58. The number of ether oxygens (including phenoxy) is 2. The molecule has 3 rings (SSSR count). The molecule has 1 heterocycles. The van der Waals surface area contributed by atoms with E-state index >= 15 is 0 Å². The van der Waals surface area contributed by atoms with E-state index in [1.807, 2.05) is 18.2 Å². The lowest BCUT2D eigenvalue weighted by atomic mass is 9.97. The molecule has 1 aliphatic heterocycles. The van der Waals surface area contributed by atoms with Gasteiger partial charge in [0.2, 0.25) is 0 Å². The van der Waals surface area contributed by atoms with Gasteiger partial charge in [0.25, 0.3) is 0 Å². The average molecular weight is 348 g/mol. The van der Waals surface area contributed by atoms with Gasteiger partial charge in [0.15, 0.2) is 0 Å². The van der Waals surface area contributed by atoms with Crippen molar-refractivity contribution in [2.45, 2.75) is 18.6 Å². The number of aliphatic hydroxyl groups excluding tert-OH is 1. The van der Waals surface area contributed by atoms with Crippen molar-refractivity contribution in [1.29, 1.82) is 0 Å². The van der Waals surface area contributed by atoms with Crippen LogP contribution in [0.15, 0.2) is 48.5 Å². The maximum Gasteiger partial charge on any atom is 0.138 e. The number of benzene rings is 2. The molecule has 2 aromatic carbocycles. The second-order valence-electron chi connectivity index (χ2n) is 5.86. The molecule has 2 aromatic rings. The van der Waals surface area contributed by atoms with Crippen LogP contribution in [0, 0.1) is 0 Å². The van der Waals surface area contributed by atoms with Crippen LogP contribution in [0.2, 0.25) is 5.02 Å². The summed E-state index contributed by atoms with van der Waals surface area (Å²) in [6, 6.07) is 15.6.